The number of ether oxygens (including phenoxy) is 2. The Labute approximate surface area is 206 Å². The Hall–Kier alpha value is -3.56. The molecule has 0 unspecified atom stereocenters. The van der Waals surface area contributed by atoms with Crippen molar-refractivity contribution in [2.45, 2.75) is 6.42 Å². The fourth-order valence-corrected chi connectivity index (χ4v) is 4.75. The quantitative estimate of drug-likeness (QED) is 0.341. The molecule has 1 aromatic heterocycles. The van der Waals surface area contributed by atoms with Crippen LogP contribution in [-0.4, -0.2) is 47.0 Å². The molecule has 1 amide bonds. The number of thioether (sulfide) groups is 1. The molecule has 0 atom stereocenters. The molecule has 0 spiro atoms. The largest absolute Gasteiger partial charge is 0.493 e. The maximum absolute atomic E-state index is 13.0. The van der Waals surface area contributed by atoms with Crippen LogP contribution in [-0.2, 0) is 11.2 Å². The molecule has 9 heteroatoms. The van der Waals surface area contributed by atoms with E-state index in [1.54, 1.807) is 49.5 Å². The van der Waals surface area contributed by atoms with Gasteiger partial charge in [-0.15, -0.1) is 0 Å². The summed E-state index contributed by atoms with van der Waals surface area (Å²) in [7, 11) is 3.17. The predicted octanol–water partition coefficient (Wildman–Crippen LogP) is 5.11. The van der Waals surface area contributed by atoms with Crippen molar-refractivity contribution in [2.24, 2.45) is 0 Å². The van der Waals surface area contributed by atoms with Gasteiger partial charge in [-0.05, 0) is 48.4 Å². The van der Waals surface area contributed by atoms with E-state index in [9.17, 15) is 9.59 Å². The molecule has 3 aromatic rings. The van der Waals surface area contributed by atoms with Crippen molar-refractivity contribution in [3.63, 3.8) is 0 Å². The molecular formula is C25H21NO6S2. The van der Waals surface area contributed by atoms with E-state index in [1.807, 2.05) is 18.2 Å². The third-order valence-corrected chi connectivity index (χ3v) is 6.64. The molecule has 0 bridgehead atoms. The first-order valence-electron chi connectivity index (χ1n) is 10.3. The minimum absolute atomic E-state index is 0.167. The minimum Gasteiger partial charge on any atom is -0.493 e. The van der Waals surface area contributed by atoms with Gasteiger partial charge in [0, 0.05) is 18.2 Å². The van der Waals surface area contributed by atoms with Crippen molar-refractivity contribution in [3.05, 3.63) is 76.4 Å². The summed E-state index contributed by atoms with van der Waals surface area (Å²) in [6, 6.07) is 15.6. The van der Waals surface area contributed by atoms with Gasteiger partial charge in [-0.1, -0.05) is 42.2 Å². The van der Waals surface area contributed by atoms with Crippen LogP contribution in [0.15, 0.2) is 63.9 Å². The van der Waals surface area contributed by atoms with E-state index in [2.05, 4.69) is 0 Å². The lowest BCUT2D eigenvalue weighted by atomic mass is 10.1. The molecule has 1 aliphatic rings. The summed E-state index contributed by atoms with van der Waals surface area (Å²) in [6.07, 6.45) is 2.28. The van der Waals surface area contributed by atoms with Gasteiger partial charge in [0.25, 0.3) is 5.91 Å². The summed E-state index contributed by atoms with van der Waals surface area (Å²) >= 11 is 6.67. The Bertz CT molecular complexity index is 1280. The van der Waals surface area contributed by atoms with Crippen molar-refractivity contribution in [3.8, 4) is 22.8 Å². The molecule has 0 radical (unpaired) electrons. The van der Waals surface area contributed by atoms with Gasteiger partial charge < -0.3 is 19.0 Å². The highest BCUT2D eigenvalue weighted by molar-refractivity contribution is 8.26. The molecule has 4 rings (SSSR count). The smallest absolute Gasteiger partial charge is 0.335 e. The zero-order valence-corrected chi connectivity index (χ0v) is 20.1. The highest BCUT2D eigenvalue weighted by atomic mass is 32.2. The second-order valence-corrected chi connectivity index (χ2v) is 9.03. The van der Waals surface area contributed by atoms with Crippen LogP contribution >= 0.6 is 24.0 Å². The molecule has 2 heterocycles. The molecule has 1 N–H and O–H groups in total. The van der Waals surface area contributed by atoms with Crippen molar-refractivity contribution < 1.29 is 28.6 Å². The fourth-order valence-electron chi connectivity index (χ4n) is 3.46. The van der Waals surface area contributed by atoms with Gasteiger partial charge in [-0.3, -0.25) is 9.69 Å². The standard InChI is InChI=1S/C25H21NO6S2/c1-30-20-9-3-15(13-21(20)31-2)11-12-26-23(27)22(34-25(26)33)14-18-8-10-19(32-18)16-4-6-17(7-5-16)24(28)29/h3-10,13-14H,11-12H2,1-2H3,(H,28,29). The van der Waals surface area contributed by atoms with E-state index in [1.165, 1.54) is 23.9 Å². The topological polar surface area (TPSA) is 89.2 Å². The molecule has 7 nitrogen and oxygen atoms in total. The highest BCUT2D eigenvalue weighted by Gasteiger charge is 2.32. The predicted molar refractivity (Wildman–Crippen MR) is 134 cm³/mol. The van der Waals surface area contributed by atoms with Crippen molar-refractivity contribution in [1.82, 2.24) is 4.90 Å². The number of carbonyl (C=O) groups excluding carboxylic acids is 1. The van der Waals surface area contributed by atoms with Gasteiger partial charge in [-0.25, -0.2) is 4.79 Å². The third-order valence-electron chi connectivity index (χ3n) is 5.26. The lowest BCUT2D eigenvalue weighted by Crippen LogP contribution is -2.30. The number of aromatic carboxylic acids is 1. The van der Waals surface area contributed by atoms with Crippen LogP contribution in [0.5, 0.6) is 11.5 Å². The normalized spacial score (nSPS) is 14.6. The third kappa shape index (κ3) is 5.00. The Balaban J connectivity index is 1.44. The first-order valence-corrected chi connectivity index (χ1v) is 11.5. The second kappa shape index (κ2) is 10.1. The van der Waals surface area contributed by atoms with E-state index in [-0.39, 0.29) is 11.5 Å². The summed E-state index contributed by atoms with van der Waals surface area (Å²) in [6.45, 7) is 0.441. The van der Waals surface area contributed by atoms with E-state index in [4.69, 9.17) is 31.2 Å². The van der Waals surface area contributed by atoms with Crippen LogP contribution in [0.3, 0.4) is 0 Å². The van der Waals surface area contributed by atoms with E-state index in [0.29, 0.717) is 45.2 Å². The van der Waals surface area contributed by atoms with Gasteiger partial charge in [0.05, 0.1) is 24.7 Å². The number of furan rings is 1. The van der Waals surface area contributed by atoms with Gasteiger partial charge >= 0.3 is 5.97 Å². The van der Waals surface area contributed by atoms with Crippen molar-refractivity contribution >= 4 is 46.3 Å². The maximum atomic E-state index is 13.0. The number of nitrogens with zero attached hydrogens (tertiary/aromatic N) is 1. The van der Waals surface area contributed by atoms with Crippen LogP contribution in [0.25, 0.3) is 17.4 Å². The maximum Gasteiger partial charge on any atom is 0.335 e. The fraction of sp³-hybridized carbons (Fsp3) is 0.160. The molecule has 2 aromatic carbocycles. The monoisotopic (exact) mass is 495 g/mol. The number of carbonyl (C=O) groups is 2. The number of rotatable bonds is 8. The Kier molecular flexibility index (Phi) is 7.04. The molecule has 1 fully saturated rings. The van der Waals surface area contributed by atoms with Gasteiger partial charge in [0.1, 0.15) is 15.8 Å². The summed E-state index contributed by atoms with van der Waals surface area (Å²) < 4.78 is 17.0. The second-order valence-electron chi connectivity index (χ2n) is 7.36. The molecule has 1 saturated heterocycles. The molecule has 34 heavy (non-hydrogen) atoms. The lowest BCUT2D eigenvalue weighted by molar-refractivity contribution is -0.122. The Morgan fingerprint density at radius 1 is 1.09 bits per heavy atom. The zero-order chi connectivity index (χ0) is 24.2. The number of hydrogen-bond donors (Lipinski definition) is 1. The number of thiocarbonyl (C=S) groups is 1. The number of benzene rings is 2. The molecular weight excluding hydrogens is 474 g/mol. The van der Waals surface area contributed by atoms with Crippen LogP contribution in [0.1, 0.15) is 21.7 Å². The van der Waals surface area contributed by atoms with E-state index < -0.39 is 5.97 Å². The number of carboxylic acids is 1. The molecule has 0 saturated carbocycles. The molecule has 174 valence electrons. The molecule has 1 aliphatic heterocycles. The Morgan fingerprint density at radius 2 is 1.82 bits per heavy atom. The number of amides is 1. The highest BCUT2D eigenvalue weighted by Crippen LogP contribution is 2.34. The van der Waals surface area contributed by atoms with Crippen LogP contribution in [0.4, 0.5) is 0 Å². The summed E-state index contributed by atoms with van der Waals surface area (Å²) in [5.41, 5.74) is 1.94. The SMILES string of the molecule is COc1ccc(CCN2C(=O)C(=Cc3ccc(-c4ccc(C(=O)O)cc4)o3)SC2=S)cc1OC. The average molecular weight is 496 g/mol. The van der Waals surface area contributed by atoms with Crippen molar-refractivity contribution in [2.75, 3.05) is 20.8 Å². The summed E-state index contributed by atoms with van der Waals surface area (Å²) in [5.74, 6) is 1.22. The van der Waals surface area contributed by atoms with Crippen LogP contribution in [0, 0.1) is 0 Å². The average Bonchev–Trinajstić information content (AvgIpc) is 3.41. The Morgan fingerprint density at radius 3 is 2.50 bits per heavy atom. The van der Waals surface area contributed by atoms with Gasteiger partial charge in [0.2, 0.25) is 0 Å². The van der Waals surface area contributed by atoms with Gasteiger partial charge in [-0.2, -0.15) is 0 Å². The van der Waals surface area contributed by atoms with Crippen molar-refractivity contribution in [1.29, 1.82) is 0 Å². The zero-order valence-electron chi connectivity index (χ0n) is 18.4. The van der Waals surface area contributed by atoms with E-state index in [0.717, 1.165) is 11.1 Å². The van der Waals surface area contributed by atoms with Crippen LogP contribution < -0.4 is 9.47 Å². The summed E-state index contributed by atoms with van der Waals surface area (Å²) in [5, 5.41) is 9.03. The minimum atomic E-state index is -0.986. The number of carboxylic acid groups (broad SMARTS) is 1. The van der Waals surface area contributed by atoms with Crippen LogP contribution in [0.2, 0.25) is 0 Å². The first-order chi connectivity index (χ1) is 16.4. The lowest BCUT2D eigenvalue weighted by Gasteiger charge is -2.15. The summed E-state index contributed by atoms with van der Waals surface area (Å²) in [4.78, 5) is 26.0. The number of hydrogen-bond acceptors (Lipinski definition) is 7. The van der Waals surface area contributed by atoms with E-state index >= 15 is 0 Å². The first kappa shape index (κ1) is 23.6. The van der Waals surface area contributed by atoms with Gasteiger partial charge in [0.15, 0.2) is 11.5 Å². The molecule has 0 aliphatic carbocycles. The number of methoxy groups -OCH3 is 2.